The van der Waals surface area contributed by atoms with E-state index in [4.69, 9.17) is 0 Å². The highest BCUT2D eigenvalue weighted by molar-refractivity contribution is 7.92. The van der Waals surface area contributed by atoms with E-state index in [0.29, 0.717) is 12.2 Å². The maximum Gasteiger partial charge on any atom is 0.279 e. The van der Waals surface area contributed by atoms with E-state index in [1.54, 1.807) is 6.07 Å². The molecule has 0 atom stereocenters. The van der Waals surface area contributed by atoms with Crippen molar-refractivity contribution in [3.05, 3.63) is 36.5 Å². The molecule has 2 aromatic rings. The Balaban J connectivity index is 2.39. The average Bonchev–Trinajstić information content (AvgIpc) is 2.96. The van der Waals surface area contributed by atoms with Crippen molar-refractivity contribution in [2.75, 3.05) is 16.7 Å². The molecule has 1 aromatic heterocycles. The van der Waals surface area contributed by atoms with Crippen LogP contribution in [-0.2, 0) is 16.6 Å². The van der Waals surface area contributed by atoms with Crippen LogP contribution in [0, 0.1) is 0 Å². The summed E-state index contributed by atoms with van der Waals surface area (Å²) >= 11 is 0. The van der Waals surface area contributed by atoms with Crippen molar-refractivity contribution in [1.82, 2.24) is 9.78 Å². The van der Waals surface area contributed by atoms with Gasteiger partial charge >= 0.3 is 0 Å². The molecule has 0 radical (unpaired) electrons. The minimum absolute atomic E-state index is 0.164. The number of benzene rings is 1. The first-order chi connectivity index (χ1) is 10.4. The summed E-state index contributed by atoms with van der Waals surface area (Å²) in [4.78, 5) is 2.02. The van der Waals surface area contributed by atoms with Crippen LogP contribution in [0.2, 0.25) is 0 Å². The molecule has 7 heteroatoms. The van der Waals surface area contributed by atoms with Gasteiger partial charge < -0.3 is 4.90 Å². The fraction of sp³-hybridized carbons (Fsp3) is 0.400. The lowest BCUT2D eigenvalue weighted by atomic mass is 10.2. The lowest BCUT2D eigenvalue weighted by molar-refractivity contribution is 0.558. The number of anilines is 2. The van der Waals surface area contributed by atoms with Crippen LogP contribution in [0.3, 0.4) is 0 Å². The molecule has 1 aromatic carbocycles. The summed E-state index contributed by atoms with van der Waals surface area (Å²) in [6.45, 7) is 6.46. The van der Waals surface area contributed by atoms with Crippen molar-refractivity contribution in [2.24, 2.45) is 0 Å². The molecule has 2 rings (SSSR count). The minimum Gasteiger partial charge on any atom is -0.370 e. The van der Waals surface area contributed by atoms with Gasteiger partial charge in [-0.2, -0.15) is 13.5 Å². The first-order valence-electron chi connectivity index (χ1n) is 7.23. The molecule has 1 N–H and O–H groups in total. The number of nitrogens with zero attached hydrogens (tertiary/aromatic N) is 3. The lowest BCUT2D eigenvalue weighted by Crippen LogP contribution is -2.27. The normalized spacial score (nSPS) is 11.7. The number of nitrogens with one attached hydrogen (secondary N) is 1. The number of hydrogen-bond acceptors (Lipinski definition) is 4. The van der Waals surface area contributed by atoms with Gasteiger partial charge in [-0.1, -0.05) is 12.1 Å². The van der Waals surface area contributed by atoms with Crippen LogP contribution in [0.4, 0.5) is 11.4 Å². The molecular formula is C15H22N4O2S. The van der Waals surface area contributed by atoms with Crippen LogP contribution in [0.15, 0.2) is 41.6 Å². The summed E-state index contributed by atoms with van der Waals surface area (Å²) < 4.78 is 29.3. The van der Waals surface area contributed by atoms with E-state index < -0.39 is 10.0 Å². The van der Waals surface area contributed by atoms with Crippen LogP contribution in [0.5, 0.6) is 0 Å². The summed E-state index contributed by atoms with van der Waals surface area (Å²) in [5.41, 5.74) is 1.39. The van der Waals surface area contributed by atoms with Gasteiger partial charge in [0.05, 0.1) is 17.6 Å². The van der Waals surface area contributed by atoms with Crippen molar-refractivity contribution in [3.8, 4) is 0 Å². The van der Waals surface area contributed by atoms with Crippen molar-refractivity contribution >= 4 is 21.4 Å². The number of sulfonamides is 1. The van der Waals surface area contributed by atoms with E-state index in [9.17, 15) is 8.42 Å². The number of aromatic nitrogens is 2. The standard InChI is InChI=1S/C15H22N4O2S/c1-5-19-15(10-11-16-19)22(20,21)17-13-8-6-7-9-14(13)18(4)12(2)3/h6-12,17H,5H2,1-4H3. The molecule has 1 heterocycles. The van der Waals surface area contributed by atoms with Gasteiger partial charge in [0.25, 0.3) is 10.0 Å². The predicted molar refractivity (Wildman–Crippen MR) is 88.7 cm³/mol. The maximum absolute atomic E-state index is 12.6. The van der Waals surface area contributed by atoms with Crippen molar-refractivity contribution in [2.45, 2.75) is 38.4 Å². The summed E-state index contributed by atoms with van der Waals surface area (Å²) in [7, 11) is -1.73. The third-order valence-electron chi connectivity index (χ3n) is 3.56. The Hall–Kier alpha value is -2.02. The van der Waals surface area contributed by atoms with E-state index in [1.807, 2.05) is 37.1 Å². The third-order valence-corrected chi connectivity index (χ3v) is 4.94. The zero-order valence-electron chi connectivity index (χ0n) is 13.3. The van der Waals surface area contributed by atoms with Gasteiger partial charge in [0.1, 0.15) is 0 Å². The Morgan fingerprint density at radius 1 is 1.27 bits per heavy atom. The number of aryl methyl sites for hydroxylation is 1. The zero-order chi connectivity index (χ0) is 16.3. The molecule has 0 aliphatic carbocycles. The minimum atomic E-state index is -3.67. The van der Waals surface area contributed by atoms with E-state index in [2.05, 4.69) is 23.7 Å². The second-order valence-corrected chi connectivity index (χ2v) is 6.94. The molecule has 0 spiro atoms. The van der Waals surface area contributed by atoms with Crippen LogP contribution in [0.1, 0.15) is 20.8 Å². The maximum atomic E-state index is 12.6. The second kappa shape index (κ2) is 6.39. The number of rotatable bonds is 6. The summed E-state index contributed by atoms with van der Waals surface area (Å²) in [5, 5.41) is 4.18. The molecule has 0 saturated carbocycles. The zero-order valence-corrected chi connectivity index (χ0v) is 14.1. The molecule has 0 unspecified atom stereocenters. The smallest absolute Gasteiger partial charge is 0.279 e. The Morgan fingerprint density at radius 3 is 2.59 bits per heavy atom. The monoisotopic (exact) mass is 322 g/mol. The van der Waals surface area contributed by atoms with Crippen molar-refractivity contribution in [3.63, 3.8) is 0 Å². The van der Waals surface area contributed by atoms with Crippen LogP contribution in [0.25, 0.3) is 0 Å². The van der Waals surface area contributed by atoms with Crippen LogP contribution < -0.4 is 9.62 Å². The fourth-order valence-corrected chi connectivity index (χ4v) is 3.39. The van der Waals surface area contributed by atoms with Gasteiger partial charge in [0.2, 0.25) is 0 Å². The molecule has 120 valence electrons. The van der Waals surface area contributed by atoms with Crippen molar-refractivity contribution in [1.29, 1.82) is 0 Å². The lowest BCUT2D eigenvalue weighted by Gasteiger charge is -2.26. The topological polar surface area (TPSA) is 67.2 Å². The Kier molecular flexibility index (Phi) is 4.75. The highest BCUT2D eigenvalue weighted by Gasteiger charge is 2.21. The quantitative estimate of drug-likeness (QED) is 0.887. The van der Waals surface area contributed by atoms with Gasteiger partial charge in [0.15, 0.2) is 5.03 Å². The summed E-state index contributed by atoms with van der Waals surface area (Å²) in [6.07, 6.45) is 1.49. The molecule has 6 nitrogen and oxygen atoms in total. The molecule has 0 amide bonds. The van der Waals surface area contributed by atoms with Gasteiger partial charge in [-0.25, -0.2) is 0 Å². The highest BCUT2D eigenvalue weighted by Crippen LogP contribution is 2.28. The Morgan fingerprint density at radius 2 is 1.95 bits per heavy atom. The fourth-order valence-electron chi connectivity index (χ4n) is 2.13. The van der Waals surface area contributed by atoms with Crippen LogP contribution in [-0.4, -0.2) is 31.3 Å². The van der Waals surface area contributed by atoms with Gasteiger partial charge in [-0.05, 0) is 39.0 Å². The highest BCUT2D eigenvalue weighted by atomic mass is 32.2. The molecular weight excluding hydrogens is 300 g/mol. The number of para-hydroxylation sites is 2. The first kappa shape index (κ1) is 16.4. The number of hydrogen-bond donors (Lipinski definition) is 1. The molecule has 0 aliphatic heterocycles. The van der Waals surface area contributed by atoms with Crippen molar-refractivity contribution < 1.29 is 8.42 Å². The van der Waals surface area contributed by atoms with Gasteiger partial charge in [-0.3, -0.25) is 9.40 Å². The van der Waals surface area contributed by atoms with Gasteiger partial charge in [0, 0.05) is 19.6 Å². The summed E-state index contributed by atoms with van der Waals surface area (Å²) in [5.74, 6) is 0. The average molecular weight is 322 g/mol. The van der Waals surface area contributed by atoms with E-state index in [1.165, 1.54) is 16.9 Å². The molecule has 22 heavy (non-hydrogen) atoms. The second-order valence-electron chi connectivity index (χ2n) is 5.31. The van der Waals surface area contributed by atoms with Gasteiger partial charge in [-0.15, -0.1) is 0 Å². The summed E-state index contributed by atoms with van der Waals surface area (Å²) in [6, 6.07) is 9.12. The van der Waals surface area contributed by atoms with Crippen LogP contribution >= 0.6 is 0 Å². The van der Waals surface area contributed by atoms with E-state index in [0.717, 1.165) is 5.69 Å². The molecule has 0 bridgehead atoms. The molecule has 0 aliphatic rings. The molecule has 0 fully saturated rings. The van der Waals surface area contributed by atoms with E-state index >= 15 is 0 Å². The van der Waals surface area contributed by atoms with E-state index in [-0.39, 0.29) is 11.1 Å². The molecule has 0 saturated heterocycles. The third kappa shape index (κ3) is 3.24. The predicted octanol–water partition coefficient (Wildman–Crippen LogP) is 2.55. The Labute approximate surface area is 131 Å². The SMILES string of the molecule is CCn1nccc1S(=O)(=O)Nc1ccccc1N(C)C(C)C. The largest absolute Gasteiger partial charge is 0.370 e. The Bertz CT molecular complexity index is 738. The first-order valence-corrected chi connectivity index (χ1v) is 8.71.